The molecule has 2 saturated heterocycles. The topological polar surface area (TPSA) is 268 Å². The van der Waals surface area contributed by atoms with Gasteiger partial charge in [-0.2, -0.15) is 0 Å². The van der Waals surface area contributed by atoms with Gasteiger partial charge in [-0.15, -0.1) is 0 Å². The van der Waals surface area contributed by atoms with Gasteiger partial charge in [0.15, 0.2) is 30.7 Å². The van der Waals surface area contributed by atoms with Gasteiger partial charge in [-0.25, -0.2) is 4.79 Å². The normalized spacial score (nSPS) is 26.8. The number of hydrogen-bond donors (Lipinski definition) is 3. The second-order valence-corrected chi connectivity index (χ2v) is 14.3. The molecule has 3 rings (SSSR count). The highest BCUT2D eigenvalue weighted by atomic mass is 35.6. The Hall–Kier alpha value is -4.31. The lowest BCUT2D eigenvalue weighted by Crippen LogP contribution is -2.69. The Bertz CT molecular complexity index is 1640. The predicted molar refractivity (Wildman–Crippen MR) is 193 cm³/mol. The van der Waals surface area contributed by atoms with Gasteiger partial charge < -0.3 is 57.8 Å². The molecule has 1 aromatic rings. The van der Waals surface area contributed by atoms with E-state index in [2.05, 4.69) is 5.32 Å². The van der Waals surface area contributed by atoms with Gasteiger partial charge in [0.05, 0.1) is 11.7 Å². The number of nitrogens with one attached hydrogen (secondary N) is 2. The summed E-state index contributed by atoms with van der Waals surface area (Å²) in [5, 5.41) is 17.7. The van der Waals surface area contributed by atoms with Gasteiger partial charge in [-0.1, -0.05) is 40.9 Å². The first-order chi connectivity index (χ1) is 26.6. The number of alkyl halides is 3. The van der Waals surface area contributed by atoms with E-state index in [9.17, 15) is 33.6 Å². The summed E-state index contributed by atoms with van der Waals surface area (Å²) in [7, 11) is 1.00. The highest BCUT2D eigenvalue weighted by molar-refractivity contribution is 6.76. The summed E-state index contributed by atoms with van der Waals surface area (Å²) < 4.78 is 54.0. The van der Waals surface area contributed by atoms with Crippen LogP contribution < -0.4 is 10.1 Å². The molecule has 0 spiro atoms. The lowest BCUT2D eigenvalue weighted by molar-refractivity contribution is -0.337. The summed E-state index contributed by atoms with van der Waals surface area (Å²) in [5.41, 5.74) is -0.115. The molecule has 2 aliphatic heterocycles. The van der Waals surface area contributed by atoms with E-state index in [0.29, 0.717) is 0 Å². The standard InChI is InChI=1S/C33H39Cl3N2O17.CH4O/c1-13-24(53-29(45)20-9-8-10-21(11-20)48-16(4)41)27(28(51-19(7)44)31(47-13)55-32(37)33(34,35)36)54-30-23(38-14(2)39)26(50-18(6)43)25(49-17(5)42)22(52-30)12-46-15(3)40;1-2/h8-11,13,22-28,30-31,37H,12H2,1-7H3,(H,38,39);2H,1H3/t13-,22+,23+,24-,25+,26+,27+,28+,30-,31-;/m0./s1. The number of carbonyl (C=O) groups is 7. The van der Waals surface area contributed by atoms with E-state index in [1.54, 1.807) is 0 Å². The Balaban J connectivity index is 0.00000551. The Labute approximate surface area is 341 Å². The van der Waals surface area contributed by atoms with Crippen LogP contribution in [0.5, 0.6) is 5.75 Å². The van der Waals surface area contributed by atoms with Crippen molar-refractivity contribution in [3.05, 3.63) is 29.8 Å². The molecule has 0 aromatic heterocycles. The van der Waals surface area contributed by atoms with Gasteiger partial charge in [-0.3, -0.25) is 34.2 Å². The molecular formula is C34H43Cl3N2O18. The van der Waals surface area contributed by atoms with Crippen LogP contribution in [0.25, 0.3) is 0 Å². The lowest BCUT2D eigenvalue weighted by atomic mass is 9.94. The highest BCUT2D eigenvalue weighted by Crippen LogP contribution is 2.36. The molecule has 23 heteroatoms. The minimum absolute atomic E-state index is 0.00517. The number of carbonyl (C=O) groups excluding carboxylic acids is 7. The van der Waals surface area contributed by atoms with Crippen LogP contribution in [-0.4, -0.2) is 132 Å². The van der Waals surface area contributed by atoms with Gasteiger partial charge in [-0.05, 0) is 25.1 Å². The fourth-order valence-corrected chi connectivity index (χ4v) is 5.62. The molecule has 57 heavy (non-hydrogen) atoms. The summed E-state index contributed by atoms with van der Waals surface area (Å²) >= 11 is 17.5. The zero-order valence-electron chi connectivity index (χ0n) is 31.8. The second-order valence-electron chi connectivity index (χ2n) is 12.0. The monoisotopic (exact) mass is 872 g/mol. The second kappa shape index (κ2) is 22.0. The van der Waals surface area contributed by atoms with Gasteiger partial charge in [0.2, 0.25) is 18.1 Å². The molecule has 10 atom stereocenters. The third-order valence-electron chi connectivity index (χ3n) is 7.46. The van der Waals surface area contributed by atoms with Crippen molar-refractivity contribution in [2.45, 2.75) is 114 Å². The maximum Gasteiger partial charge on any atom is 0.338 e. The van der Waals surface area contributed by atoms with Crippen molar-refractivity contribution in [3.63, 3.8) is 0 Å². The van der Waals surface area contributed by atoms with Gasteiger partial charge in [0, 0.05) is 48.7 Å². The Kier molecular flexibility index (Phi) is 18.9. The molecule has 0 radical (unpaired) electrons. The Morgan fingerprint density at radius 2 is 1.32 bits per heavy atom. The van der Waals surface area contributed by atoms with E-state index < -0.39 is 119 Å². The number of hydrogen-bond acceptors (Lipinski definition) is 19. The minimum atomic E-state index is -2.43. The number of aliphatic hydroxyl groups is 1. The highest BCUT2D eigenvalue weighted by Gasteiger charge is 2.57. The summed E-state index contributed by atoms with van der Waals surface area (Å²) in [4.78, 5) is 86.8. The van der Waals surface area contributed by atoms with Crippen LogP contribution in [0, 0.1) is 5.41 Å². The zero-order valence-corrected chi connectivity index (χ0v) is 34.1. The summed E-state index contributed by atoms with van der Waals surface area (Å²) in [6.45, 7) is 7.22. The summed E-state index contributed by atoms with van der Waals surface area (Å²) in [5.74, 6) is -6.89. The molecule has 318 valence electrons. The first-order valence-electron chi connectivity index (χ1n) is 16.7. The van der Waals surface area contributed by atoms with E-state index in [1.807, 2.05) is 0 Å². The minimum Gasteiger partial charge on any atom is -0.463 e. The maximum atomic E-state index is 13.6. The third-order valence-corrected chi connectivity index (χ3v) is 7.97. The number of ether oxygens (including phenoxy) is 10. The average Bonchev–Trinajstić information content (AvgIpc) is 3.09. The van der Waals surface area contributed by atoms with E-state index in [4.69, 9.17) is 92.7 Å². The molecule has 0 unspecified atom stereocenters. The zero-order chi connectivity index (χ0) is 43.4. The van der Waals surface area contributed by atoms with Crippen molar-refractivity contribution in [1.82, 2.24) is 5.32 Å². The predicted octanol–water partition coefficient (Wildman–Crippen LogP) is 1.83. The Morgan fingerprint density at radius 1 is 0.737 bits per heavy atom. The first-order valence-corrected chi connectivity index (χ1v) is 17.9. The number of halogens is 3. The first kappa shape index (κ1) is 48.8. The number of esters is 6. The van der Waals surface area contributed by atoms with Crippen LogP contribution in [0.1, 0.15) is 58.8 Å². The van der Waals surface area contributed by atoms with Crippen molar-refractivity contribution >= 4 is 82.4 Å². The molecule has 0 bridgehead atoms. The van der Waals surface area contributed by atoms with E-state index in [1.165, 1.54) is 31.2 Å². The average molecular weight is 874 g/mol. The fraction of sp³-hybridized carbons (Fsp3) is 0.588. The molecule has 20 nitrogen and oxygen atoms in total. The maximum absolute atomic E-state index is 13.6. The van der Waals surface area contributed by atoms with Crippen LogP contribution in [0.4, 0.5) is 0 Å². The van der Waals surface area contributed by atoms with Crippen LogP contribution in [-0.2, 0) is 71.4 Å². The number of rotatable bonds is 12. The van der Waals surface area contributed by atoms with E-state index in [-0.39, 0.29) is 11.3 Å². The van der Waals surface area contributed by atoms with Crippen molar-refractivity contribution < 1.29 is 86.0 Å². The largest absolute Gasteiger partial charge is 0.463 e. The van der Waals surface area contributed by atoms with Crippen molar-refractivity contribution in [2.24, 2.45) is 0 Å². The van der Waals surface area contributed by atoms with E-state index in [0.717, 1.165) is 48.7 Å². The van der Waals surface area contributed by atoms with Crippen molar-refractivity contribution in [1.29, 1.82) is 5.41 Å². The van der Waals surface area contributed by atoms with Crippen LogP contribution in [0.2, 0.25) is 0 Å². The van der Waals surface area contributed by atoms with Crippen molar-refractivity contribution in [3.8, 4) is 5.75 Å². The van der Waals surface area contributed by atoms with Gasteiger partial charge in [0.25, 0.3) is 3.79 Å². The smallest absolute Gasteiger partial charge is 0.338 e. The lowest BCUT2D eigenvalue weighted by Gasteiger charge is -2.49. The van der Waals surface area contributed by atoms with Crippen LogP contribution >= 0.6 is 34.8 Å². The Morgan fingerprint density at radius 3 is 1.84 bits per heavy atom. The molecule has 0 saturated carbocycles. The summed E-state index contributed by atoms with van der Waals surface area (Å²) in [6.07, 6.45) is -14.5. The molecular weight excluding hydrogens is 831 g/mol. The molecule has 2 heterocycles. The van der Waals surface area contributed by atoms with Gasteiger partial charge in [0.1, 0.15) is 30.6 Å². The van der Waals surface area contributed by atoms with E-state index >= 15 is 0 Å². The third kappa shape index (κ3) is 14.9. The molecule has 1 amide bonds. The number of aliphatic hydroxyl groups excluding tert-OH is 1. The van der Waals surface area contributed by atoms with Crippen LogP contribution in [0.15, 0.2) is 24.3 Å². The molecule has 1 aromatic carbocycles. The SMILES string of the molecule is CC(=O)N[C@H]1[C@H](O[C@@H]2[C@@H](OC(=O)c3cccc(OC(C)=O)c3)[C@H](C)O[C@@H](OC(=N)C(Cl)(Cl)Cl)[C@@H]2OC(C)=O)O[C@H](COC(C)=O)[C@@H](OC(C)=O)[C@@H]1OC(C)=O.CO. The van der Waals surface area contributed by atoms with Gasteiger partial charge >= 0.3 is 35.8 Å². The summed E-state index contributed by atoms with van der Waals surface area (Å²) in [6, 6.07) is 3.83. The van der Waals surface area contributed by atoms with Crippen molar-refractivity contribution in [2.75, 3.05) is 13.7 Å². The molecule has 0 aliphatic carbocycles. The van der Waals surface area contributed by atoms with Crippen LogP contribution in [0.3, 0.4) is 0 Å². The molecule has 3 N–H and O–H groups in total. The molecule has 2 aliphatic rings. The molecule has 2 fully saturated rings. The number of amides is 1. The number of benzene rings is 1. The fourth-order valence-electron chi connectivity index (χ4n) is 5.49. The quantitative estimate of drug-likeness (QED) is 0.0675.